The molecule has 1 aromatic rings. The maximum Gasteiger partial charge on any atom is 0.306 e. The van der Waals surface area contributed by atoms with Gasteiger partial charge >= 0.3 is 5.97 Å². The molecule has 140 valence electrons. The maximum atomic E-state index is 12.3. The van der Waals surface area contributed by atoms with Gasteiger partial charge in [-0.1, -0.05) is 25.0 Å². The third-order valence-corrected chi connectivity index (χ3v) is 5.24. The Labute approximate surface area is 149 Å². The van der Waals surface area contributed by atoms with E-state index in [0.717, 1.165) is 24.7 Å². The van der Waals surface area contributed by atoms with Crippen molar-refractivity contribution in [1.82, 2.24) is 0 Å². The van der Waals surface area contributed by atoms with E-state index in [1.165, 1.54) is 0 Å². The van der Waals surface area contributed by atoms with Crippen LogP contribution in [0, 0.1) is 0 Å². The molecule has 0 bridgehead atoms. The number of carbonyl (C=O) groups excluding carboxylic acids is 1. The molecule has 1 fully saturated rings. The molecular weight excluding hydrogens is 344 g/mol. The van der Waals surface area contributed by atoms with Crippen LogP contribution in [0.5, 0.6) is 5.75 Å². The van der Waals surface area contributed by atoms with Gasteiger partial charge in [-0.25, -0.2) is 0 Å². The number of benzene rings is 1. The third kappa shape index (κ3) is 4.95. The molecule has 0 radical (unpaired) electrons. The van der Waals surface area contributed by atoms with E-state index in [0.29, 0.717) is 18.6 Å². The highest BCUT2D eigenvalue weighted by atomic mass is 32.2. The van der Waals surface area contributed by atoms with E-state index in [1.807, 2.05) is 24.3 Å². The Balaban J connectivity index is 2.50. The van der Waals surface area contributed by atoms with Crippen molar-refractivity contribution in [2.45, 2.75) is 50.5 Å². The molecule has 0 aliphatic heterocycles. The van der Waals surface area contributed by atoms with E-state index in [-0.39, 0.29) is 19.0 Å². The monoisotopic (exact) mass is 370 g/mol. The second-order valence-corrected chi connectivity index (χ2v) is 8.01. The van der Waals surface area contributed by atoms with Crippen LogP contribution < -0.4 is 4.74 Å². The van der Waals surface area contributed by atoms with Crippen molar-refractivity contribution in [1.29, 1.82) is 0 Å². The Kier molecular flexibility index (Phi) is 6.46. The number of rotatable bonds is 7. The highest BCUT2D eigenvalue weighted by molar-refractivity contribution is 7.86. The van der Waals surface area contributed by atoms with Crippen LogP contribution in [0.15, 0.2) is 24.3 Å². The van der Waals surface area contributed by atoms with E-state index < -0.39 is 21.6 Å². The third-order valence-electron chi connectivity index (χ3n) is 4.66. The SMILES string of the molecule is CCOC(=O)CC1(c2cccc(OC)c2)CCCCC1OS(C)(=O)=O. The Morgan fingerprint density at radius 3 is 2.72 bits per heavy atom. The smallest absolute Gasteiger partial charge is 0.306 e. The summed E-state index contributed by atoms with van der Waals surface area (Å²) in [5.74, 6) is 0.304. The topological polar surface area (TPSA) is 78.9 Å². The fraction of sp³-hybridized carbons (Fsp3) is 0.611. The molecule has 0 aromatic heterocycles. The van der Waals surface area contributed by atoms with E-state index in [2.05, 4.69) is 0 Å². The fourth-order valence-electron chi connectivity index (χ4n) is 3.60. The average Bonchev–Trinajstić information content (AvgIpc) is 2.55. The Hall–Kier alpha value is -1.60. The van der Waals surface area contributed by atoms with Crippen LogP contribution in [-0.4, -0.2) is 40.5 Å². The molecule has 2 unspecified atom stereocenters. The lowest BCUT2D eigenvalue weighted by Gasteiger charge is -2.43. The molecule has 1 aliphatic carbocycles. The summed E-state index contributed by atoms with van der Waals surface area (Å²) in [6.45, 7) is 2.03. The number of carbonyl (C=O) groups is 1. The van der Waals surface area contributed by atoms with Gasteiger partial charge in [-0.05, 0) is 37.5 Å². The van der Waals surface area contributed by atoms with Crippen molar-refractivity contribution >= 4 is 16.1 Å². The molecule has 1 saturated carbocycles. The summed E-state index contributed by atoms with van der Waals surface area (Å²) < 4.78 is 39.5. The number of hydrogen-bond acceptors (Lipinski definition) is 6. The average molecular weight is 370 g/mol. The zero-order chi connectivity index (χ0) is 18.5. The van der Waals surface area contributed by atoms with E-state index in [4.69, 9.17) is 13.7 Å². The molecule has 6 nitrogen and oxygen atoms in total. The molecule has 0 heterocycles. The van der Waals surface area contributed by atoms with E-state index in [9.17, 15) is 13.2 Å². The van der Waals surface area contributed by atoms with Crippen LogP contribution in [0.25, 0.3) is 0 Å². The van der Waals surface area contributed by atoms with Crippen LogP contribution in [0.4, 0.5) is 0 Å². The van der Waals surface area contributed by atoms with Gasteiger partial charge in [-0.3, -0.25) is 8.98 Å². The largest absolute Gasteiger partial charge is 0.497 e. The van der Waals surface area contributed by atoms with Gasteiger partial charge in [0.2, 0.25) is 0 Å². The van der Waals surface area contributed by atoms with Crippen molar-refractivity contribution in [3.8, 4) is 5.75 Å². The van der Waals surface area contributed by atoms with Crippen molar-refractivity contribution in [3.05, 3.63) is 29.8 Å². The summed E-state index contributed by atoms with van der Waals surface area (Å²) in [4.78, 5) is 12.3. The van der Waals surface area contributed by atoms with Crippen LogP contribution in [-0.2, 0) is 29.2 Å². The molecule has 1 aromatic carbocycles. The van der Waals surface area contributed by atoms with E-state index in [1.54, 1.807) is 14.0 Å². The second-order valence-electron chi connectivity index (χ2n) is 6.40. The van der Waals surface area contributed by atoms with Crippen molar-refractivity contribution in [2.75, 3.05) is 20.0 Å². The van der Waals surface area contributed by atoms with Gasteiger partial charge < -0.3 is 9.47 Å². The van der Waals surface area contributed by atoms with E-state index >= 15 is 0 Å². The lowest BCUT2D eigenvalue weighted by molar-refractivity contribution is -0.146. The fourth-order valence-corrected chi connectivity index (χ4v) is 4.30. The van der Waals surface area contributed by atoms with Crippen molar-refractivity contribution in [2.24, 2.45) is 0 Å². The highest BCUT2D eigenvalue weighted by Gasteiger charge is 2.46. The summed E-state index contributed by atoms with van der Waals surface area (Å²) in [5, 5.41) is 0. The molecule has 2 atom stereocenters. The number of hydrogen-bond donors (Lipinski definition) is 0. The Morgan fingerprint density at radius 2 is 2.08 bits per heavy atom. The summed E-state index contributed by atoms with van der Waals surface area (Å²) >= 11 is 0. The standard InChI is InChI=1S/C18H26O6S/c1-4-23-17(19)13-18(14-8-7-9-15(12-14)22-2)11-6-5-10-16(18)24-25(3,20)21/h7-9,12,16H,4-6,10-11,13H2,1-3H3. The van der Waals surface area contributed by atoms with Gasteiger partial charge in [0.1, 0.15) is 5.75 Å². The van der Waals surface area contributed by atoms with Gasteiger partial charge in [0, 0.05) is 5.41 Å². The molecule has 0 saturated heterocycles. The second kappa shape index (κ2) is 8.19. The zero-order valence-electron chi connectivity index (χ0n) is 15.0. The maximum absolute atomic E-state index is 12.3. The number of methoxy groups -OCH3 is 1. The van der Waals surface area contributed by atoms with Crippen LogP contribution >= 0.6 is 0 Å². The summed E-state index contributed by atoms with van der Waals surface area (Å²) in [7, 11) is -2.08. The molecule has 1 aliphatic rings. The summed E-state index contributed by atoms with van der Waals surface area (Å²) in [6.07, 6.45) is 3.49. The predicted octanol–water partition coefficient (Wildman–Crippen LogP) is 2.81. The van der Waals surface area contributed by atoms with Gasteiger partial charge in [0.15, 0.2) is 0 Å². The molecule has 0 amide bonds. The Bertz CT molecular complexity index is 699. The van der Waals surface area contributed by atoms with Gasteiger partial charge in [0.05, 0.1) is 32.5 Å². The highest BCUT2D eigenvalue weighted by Crippen LogP contribution is 2.45. The van der Waals surface area contributed by atoms with Crippen molar-refractivity contribution in [3.63, 3.8) is 0 Å². The normalized spacial score (nSPS) is 23.9. The predicted molar refractivity (Wildman–Crippen MR) is 94.1 cm³/mol. The lowest BCUT2D eigenvalue weighted by atomic mass is 9.65. The molecule has 0 N–H and O–H groups in total. The quantitative estimate of drug-likeness (QED) is 0.542. The lowest BCUT2D eigenvalue weighted by Crippen LogP contribution is -2.46. The molecule has 7 heteroatoms. The minimum absolute atomic E-state index is 0.0776. The van der Waals surface area contributed by atoms with Gasteiger partial charge in [0.25, 0.3) is 10.1 Å². The van der Waals surface area contributed by atoms with Gasteiger partial charge in [-0.2, -0.15) is 8.42 Å². The van der Waals surface area contributed by atoms with Gasteiger partial charge in [-0.15, -0.1) is 0 Å². The first-order valence-corrected chi connectivity index (χ1v) is 10.3. The first kappa shape index (κ1) is 19.7. The zero-order valence-corrected chi connectivity index (χ0v) is 15.8. The summed E-state index contributed by atoms with van der Waals surface area (Å²) in [5.41, 5.74) is 0.0931. The number of ether oxygens (including phenoxy) is 2. The minimum Gasteiger partial charge on any atom is -0.497 e. The molecule has 0 spiro atoms. The first-order valence-electron chi connectivity index (χ1n) is 8.49. The van der Waals surface area contributed by atoms with Crippen LogP contribution in [0.2, 0.25) is 0 Å². The van der Waals surface area contributed by atoms with Crippen molar-refractivity contribution < 1.29 is 26.9 Å². The first-order chi connectivity index (χ1) is 11.8. The minimum atomic E-state index is -3.65. The van der Waals surface area contributed by atoms with Crippen LogP contribution in [0.1, 0.15) is 44.6 Å². The molecule has 25 heavy (non-hydrogen) atoms. The molecule has 2 rings (SSSR count). The number of esters is 1. The van der Waals surface area contributed by atoms with Crippen LogP contribution in [0.3, 0.4) is 0 Å². The molecular formula is C18H26O6S. The summed E-state index contributed by atoms with van der Waals surface area (Å²) in [6, 6.07) is 7.40. The Morgan fingerprint density at radius 1 is 1.32 bits per heavy atom.